The molecule has 0 saturated carbocycles. The summed E-state index contributed by atoms with van der Waals surface area (Å²) < 4.78 is 19.1. The van der Waals surface area contributed by atoms with Crippen LogP contribution in [0.25, 0.3) is 0 Å². The molecule has 1 rings (SSSR count). The first-order chi connectivity index (χ1) is 9.65. The highest BCUT2D eigenvalue weighted by molar-refractivity contribution is 5.55. The van der Waals surface area contributed by atoms with Crippen molar-refractivity contribution in [2.75, 3.05) is 31.7 Å². The van der Waals surface area contributed by atoms with Crippen molar-refractivity contribution in [3.63, 3.8) is 0 Å². The quantitative estimate of drug-likeness (QED) is 0.704. The second kappa shape index (κ2) is 8.93. The molecule has 0 fully saturated rings. The lowest BCUT2D eigenvalue weighted by Crippen LogP contribution is -2.34. The molecule has 1 unspecified atom stereocenters. The molecule has 20 heavy (non-hydrogen) atoms. The molecule has 1 N–H and O–H groups in total. The minimum atomic E-state index is -0.144. The fourth-order valence-electron chi connectivity index (χ4n) is 2.32. The van der Waals surface area contributed by atoms with Crippen molar-refractivity contribution >= 4 is 5.69 Å². The number of ether oxygens (including phenoxy) is 1. The van der Waals surface area contributed by atoms with Crippen LogP contribution in [0.5, 0.6) is 0 Å². The number of rotatable bonds is 9. The van der Waals surface area contributed by atoms with Crippen molar-refractivity contribution in [2.24, 2.45) is 0 Å². The Balaban J connectivity index is 2.91. The maximum Gasteiger partial charge on any atom is 0.129 e. The van der Waals surface area contributed by atoms with E-state index in [2.05, 4.69) is 31.0 Å². The van der Waals surface area contributed by atoms with E-state index >= 15 is 0 Å². The molecule has 0 radical (unpaired) electrons. The summed E-state index contributed by atoms with van der Waals surface area (Å²) in [4.78, 5) is 2.26. The first-order valence-electron chi connectivity index (χ1n) is 7.39. The van der Waals surface area contributed by atoms with Crippen molar-refractivity contribution in [3.05, 3.63) is 29.6 Å². The summed E-state index contributed by atoms with van der Waals surface area (Å²) in [6, 6.07) is 5.72. The Morgan fingerprint density at radius 1 is 1.35 bits per heavy atom. The van der Waals surface area contributed by atoms with Gasteiger partial charge in [-0.1, -0.05) is 13.0 Å². The van der Waals surface area contributed by atoms with Crippen molar-refractivity contribution in [3.8, 4) is 0 Å². The average molecular weight is 282 g/mol. The molecule has 0 heterocycles. The predicted octanol–water partition coefficient (Wildman–Crippen LogP) is 3.19. The molecule has 1 atom stereocenters. The molecule has 0 aliphatic heterocycles. The summed E-state index contributed by atoms with van der Waals surface area (Å²) in [5, 5.41) is 3.23. The molecule has 4 heteroatoms. The summed E-state index contributed by atoms with van der Waals surface area (Å²) in [5.74, 6) is -0.144. The molecule has 0 saturated heterocycles. The molecule has 0 bridgehead atoms. The third-order valence-electron chi connectivity index (χ3n) is 3.65. The van der Waals surface area contributed by atoms with Crippen molar-refractivity contribution in [2.45, 2.75) is 39.8 Å². The summed E-state index contributed by atoms with van der Waals surface area (Å²) in [5.41, 5.74) is 1.73. The van der Waals surface area contributed by atoms with Crippen LogP contribution in [0, 0.1) is 5.82 Å². The Morgan fingerprint density at radius 3 is 2.70 bits per heavy atom. The van der Waals surface area contributed by atoms with Gasteiger partial charge >= 0.3 is 0 Å². The number of halogens is 1. The van der Waals surface area contributed by atoms with E-state index < -0.39 is 0 Å². The highest BCUT2D eigenvalue weighted by Gasteiger charge is 2.17. The van der Waals surface area contributed by atoms with E-state index in [9.17, 15) is 4.39 Å². The molecule has 0 amide bonds. The monoisotopic (exact) mass is 282 g/mol. The highest BCUT2D eigenvalue weighted by atomic mass is 19.1. The predicted molar refractivity (Wildman–Crippen MR) is 82.8 cm³/mol. The van der Waals surface area contributed by atoms with Crippen LogP contribution in [-0.2, 0) is 11.3 Å². The van der Waals surface area contributed by atoms with Crippen molar-refractivity contribution in [1.29, 1.82) is 0 Å². The number of benzene rings is 1. The van der Waals surface area contributed by atoms with Crippen LogP contribution in [0.1, 0.15) is 32.8 Å². The molecule has 0 aliphatic rings. The van der Waals surface area contributed by atoms with Gasteiger partial charge in [0.1, 0.15) is 5.82 Å². The highest BCUT2D eigenvalue weighted by Crippen LogP contribution is 2.25. The van der Waals surface area contributed by atoms with E-state index in [1.807, 2.05) is 6.07 Å². The first kappa shape index (κ1) is 16.9. The molecule has 114 valence electrons. The van der Waals surface area contributed by atoms with Gasteiger partial charge in [-0.3, -0.25) is 0 Å². The summed E-state index contributed by atoms with van der Waals surface area (Å²) in [6.45, 7) is 9.20. The number of hydrogen-bond acceptors (Lipinski definition) is 3. The third-order valence-corrected chi connectivity index (χ3v) is 3.65. The standard InChI is InChI=1S/C16H27FN2O/c1-5-13(3)19(6-2)16-9-7-8-15(17)14(16)12-18-10-11-20-4/h7-9,13,18H,5-6,10-12H2,1-4H3. The number of nitrogens with zero attached hydrogens (tertiary/aromatic N) is 1. The topological polar surface area (TPSA) is 24.5 Å². The summed E-state index contributed by atoms with van der Waals surface area (Å²) in [6.07, 6.45) is 1.04. The van der Waals surface area contributed by atoms with Gasteiger partial charge < -0.3 is 15.0 Å². The molecule has 0 spiro atoms. The molecule has 3 nitrogen and oxygen atoms in total. The summed E-state index contributed by atoms with van der Waals surface area (Å²) >= 11 is 0. The maximum absolute atomic E-state index is 14.1. The van der Waals surface area contributed by atoms with E-state index in [-0.39, 0.29) is 5.82 Å². The van der Waals surface area contributed by atoms with Crippen molar-refractivity contribution < 1.29 is 9.13 Å². The van der Waals surface area contributed by atoms with Crippen LogP contribution < -0.4 is 10.2 Å². The van der Waals surface area contributed by atoms with Crippen LogP contribution in [0.3, 0.4) is 0 Å². The van der Waals surface area contributed by atoms with Crippen LogP contribution in [-0.4, -0.2) is 32.8 Å². The Kier molecular flexibility index (Phi) is 7.55. The van der Waals surface area contributed by atoms with E-state index in [4.69, 9.17) is 4.74 Å². The second-order valence-corrected chi connectivity index (χ2v) is 4.95. The zero-order chi connectivity index (χ0) is 15.0. The fourth-order valence-corrected chi connectivity index (χ4v) is 2.32. The summed E-state index contributed by atoms with van der Waals surface area (Å²) in [7, 11) is 1.66. The smallest absolute Gasteiger partial charge is 0.129 e. The zero-order valence-electron chi connectivity index (χ0n) is 13.1. The molecule has 1 aromatic carbocycles. The van der Waals surface area contributed by atoms with Gasteiger partial charge in [-0.2, -0.15) is 0 Å². The van der Waals surface area contributed by atoms with E-state index in [1.54, 1.807) is 13.2 Å². The molecule has 1 aromatic rings. The van der Waals surface area contributed by atoms with Gasteiger partial charge in [0.05, 0.1) is 6.61 Å². The lowest BCUT2D eigenvalue weighted by atomic mass is 10.1. The lowest BCUT2D eigenvalue weighted by Gasteiger charge is -2.31. The average Bonchev–Trinajstić information content (AvgIpc) is 2.46. The van der Waals surface area contributed by atoms with Gasteiger partial charge in [0, 0.05) is 44.0 Å². The van der Waals surface area contributed by atoms with Crippen LogP contribution >= 0.6 is 0 Å². The Morgan fingerprint density at radius 2 is 2.10 bits per heavy atom. The van der Waals surface area contributed by atoms with E-state index in [1.165, 1.54) is 6.07 Å². The fraction of sp³-hybridized carbons (Fsp3) is 0.625. The normalized spacial score (nSPS) is 12.4. The third kappa shape index (κ3) is 4.46. The minimum absolute atomic E-state index is 0.144. The van der Waals surface area contributed by atoms with Gasteiger partial charge in [0.25, 0.3) is 0 Å². The van der Waals surface area contributed by atoms with E-state index in [0.717, 1.165) is 30.8 Å². The van der Waals surface area contributed by atoms with Crippen LogP contribution in [0.2, 0.25) is 0 Å². The second-order valence-electron chi connectivity index (χ2n) is 4.95. The number of methoxy groups -OCH3 is 1. The van der Waals surface area contributed by atoms with E-state index in [0.29, 0.717) is 19.2 Å². The first-order valence-corrected chi connectivity index (χ1v) is 7.39. The van der Waals surface area contributed by atoms with Gasteiger partial charge in [-0.25, -0.2) is 4.39 Å². The Hall–Kier alpha value is -1.13. The SMILES string of the molecule is CCC(C)N(CC)c1cccc(F)c1CNCCOC. The lowest BCUT2D eigenvalue weighted by molar-refractivity contribution is 0.199. The number of hydrogen-bond donors (Lipinski definition) is 1. The Labute approximate surface area is 122 Å². The number of nitrogens with one attached hydrogen (secondary N) is 1. The maximum atomic E-state index is 14.1. The van der Waals surface area contributed by atoms with Crippen LogP contribution in [0.4, 0.5) is 10.1 Å². The van der Waals surface area contributed by atoms with Crippen molar-refractivity contribution in [1.82, 2.24) is 5.32 Å². The van der Waals surface area contributed by atoms with Gasteiger partial charge in [-0.05, 0) is 32.4 Å². The molecular formula is C16H27FN2O. The van der Waals surface area contributed by atoms with Gasteiger partial charge in [0.15, 0.2) is 0 Å². The molecule has 0 aromatic heterocycles. The largest absolute Gasteiger partial charge is 0.383 e. The van der Waals surface area contributed by atoms with Crippen LogP contribution in [0.15, 0.2) is 18.2 Å². The minimum Gasteiger partial charge on any atom is -0.383 e. The van der Waals surface area contributed by atoms with Gasteiger partial charge in [0.2, 0.25) is 0 Å². The van der Waals surface area contributed by atoms with Gasteiger partial charge in [-0.15, -0.1) is 0 Å². The molecular weight excluding hydrogens is 255 g/mol. The zero-order valence-corrected chi connectivity index (χ0v) is 13.1. The number of anilines is 1. The Bertz CT molecular complexity index is 398. The molecule has 0 aliphatic carbocycles.